The lowest BCUT2D eigenvalue weighted by Crippen LogP contribution is -2.49. The average Bonchev–Trinajstić information content (AvgIpc) is 2.79. The van der Waals surface area contributed by atoms with Gasteiger partial charge in [-0.15, -0.1) is 0 Å². The summed E-state index contributed by atoms with van der Waals surface area (Å²) < 4.78 is 1.75. The van der Waals surface area contributed by atoms with Crippen LogP contribution < -0.4 is 0 Å². The van der Waals surface area contributed by atoms with Gasteiger partial charge in [0.15, 0.2) is 0 Å². The van der Waals surface area contributed by atoms with Crippen molar-refractivity contribution in [2.45, 2.75) is 39.3 Å². The van der Waals surface area contributed by atoms with Crippen LogP contribution in [-0.2, 0) is 36.0 Å². The number of carboxylic acid groups (broad SMARTS) is 1. The van der Waals surface area contributed by atoms with Crippen molar-refractivity contribution in [2.75, 3.05) is 0 Å². The molecule has 126 valence electrons. The second-order valence-corrected chi connectivity index (χ2v) is 6.30. The molecule has 1 aromatic carbocycles. The van der Waals surface area contributed by atoms with Crippen LogP contribution >= 0.6 is 0 Å². The summed E-state index contributed by atoms with van der Waals surface area (Å²) in [5, 5.41) is 13.9. The molecule has 0 fully saturated rings. The van der Waals surface area contributed by atoms with E-state index < -0.39 is 12.0 Å². The van der Waals surface area contributed by atoms with Gasteiger partial charge in [-0.2, -0.15) is 5.10 Å². The van der Waals surface area contributed by atoms with Gasteiger partial charge in [-0.1, -0.05) is 24.3 Å². The van der Waals surface area contributed by atoms with Crippen molar-refractivity contribution in [3.8, 4) is 0 Å². The number of carboxylic acids is 1. The molecule has 1 amide bonds. The predicted octanol–water partition coefficient (Wildman–Crippen LogP) is 1.62. The minimum absolute atomic E-state index is 0.170. The fourth-order valence-corrected chi connectivity index (χ4v) is 3.33. The van der Waals surface area contributed by atoms with Gasteiger partial charge in [0.05, 0.1) is 12.1 Å². The normalized spacial score (nSPS) is 16.8. The molecule has 0 bridgehead atoms. The molecule has 1 aliphatic rings. The second-order valence-electron chi connectivity index (χ2n) is 6.30. The van der Waals surface area contributed by atoms with Crippen LogP contribution in [0.5, 0.6) is 0 Å². The van der Waals surface area contributed by atoms with Crippen molar-refractivity contribution in [2.24, 2.45) is 7.05 Å². The summed E-state index contributed by atoms with van der Waals surface area (Å²) in [5.74, 6) is -1.13. The Labute approximate surface area is 140 Å². The van der Waals surface area contributed by atoms with Crippen molar-refractivity contribution >= 4 is 11.9 Å². The van der Waals surface area contributed by atoms with Crippen molar-refractivity contribution < 1.29 is 14.7 Å². The van der Waals surface area contributed by atoms with Gasteiger partial charge in [-0.25, -0.2) is 4.79 Å². The summed E-state index contributed by atoms with van der Waals surface area (Å²) in [6.07, 6.45) is 0.527. The van der Waals surface area contributed by atoms with E-state index in [1.54, 1.807) is 4.68 Å². The van der Waals surface area contributed by atoms with Gasteiger partial charge < -0.3 is 10.0 Å². The maximum atomic E-state index is 12.8. The number of amides is 1. The molecule has 1 N–H and O–H groups in total. The number of aryl methyl sites for hydroxylation is 2. The van der Waals surface area contributed by atoms with Crippen LogP contribution in [-0.4, -0.2) is 37.7 Å². The van der Waals surface area contributed by atoms with Crippen LogP contribution in [0.4, 0.5) is 0 Å². The molecule has 6 heteroatoms. The highest BCUT2D eigenvalue weighted by Crippen LogP contribution is 2.25. The van der Waals surface area contributed by atoms with Gasteiger partial charge in [0, 0.05) is 31.3 Å². The molecule has 0 radical (unpaired) electrons. The highest BCUT2D eigenvalue weighted by molar-refractivity contribution is 5.86. The lowest BCUT2D eigenvalue weighted by Gasteiger charge is -2.34. The third-order valence-electron chi connectivity index (χ3n) is 4.84. The molecule has 0 saturated heterocycles. The molecule has 6 nitrogen and oxygen atoms in total. The molecule has 1 aromatic heterocycles. The molecule has 0 unspecified atom stereocenters. The molecule has 24 heavy (non-hydrogen) atoms. The van der Waals surface area contributed by atoms with Crippen LogP contribution in [0, 0.1) is 13.8 Å². The Hall–Kier alpha value is -2.63. The van der Waals surface area contributed by atoms with Gasteiger partial charge >= 0.3 is 5.97 Å². The smallest absolute Gasteiger partial charge is 0.326 e. The van der Waals surface area contributed by atoms with E-state index in [0.29, 0.717) is 13.0 Å². The van der Waals surface area contributed by atoms with Crippen molar-refractivity contribution in [3.63, 3.8) is 0 Å². The van der Waals surface area contributed by atoms with E-state index in [9.17, 15) is 14.7 Å². The van der Waals surface area contributed by atoms with Crippen LogP contribution in [0.15, 0.2) is 24.3 Å². The van der Waals surface area contributed by atoms with E-state index >= 15 is 0 Å². The van der Waals surface area contributed by atoms with Gasteiger partial charge in [-0.05, 0) is 25.0 Å². The monoisotopic (exact) mass is 327 g/mol. The number of hydrogen-bond donors (Lipinski definition) is 1. The summed E-state index contributed by atoms with van der Waals surface area (Å²) in [4.78, 5) is 26.0. The lowest BCUT2D eigenvalue weighted by molar-refractivity contribution is -0.151. The van der Waals surface area contributed by atoms with Crippen LogP contribution in [0.1, 0.15) is 28.1 Å². The number of benzene rings is 1. The Kier molecular flexibility index (Phi) is 4.13. The fourth-order valence-electron chi connectivity index (χ4n) is 3.33. The van der Waals surface area contributed by atoms with E-state index in [1.165, 1.54) is 4.90 Å². The zero-order chi connectivity index (χ0) is 17.4. The van der Waals surface area contributed by atoms with Gasteiger partial charge in [0.25, 0.3) is 0 Å². The number of carbonyl (C=O) groups is 2. The first-order valence-electron chi connectivity index (χ1n) is 7.96. The Bertz CT molecular complexity index is 810. The quantitative estimate of drug-likeness (QED) is 0.929. The van der Waals surface area contributed by atoms with Gasteiger partial charge in [0.2, 0.25) is 5.91 Å². The third kappa shape index (κ3) is 2.79. The molecule has 2 aromatic rings. The molecule has 2 heterocycles. The van der Waals surface area contributed by atoms with E-state index in [2.05, 4.69) is 5.10 Å². The first kappa shape index (κ1) is 16.2. The molecule has 1 aliphatic heterocycles. The zero-order valence-corrected chi connectivity index (χ0v) is 14.1. The lowest BCUT2D eigenvalue weighted by atomic mass is 9.93. The van der Waals surface area contributed by atoms with Gasteiger partial charge in [-0.3, -0.25) is 9.48 Å². The average molecular weight is 327 g/mol. The highest BCUT2D eigenvalue weighted by atomic mass is 16.4. The van der Waals surface area contributed by atoms with E-state index in [0.717, 1.165) is 28.1 Å². The Balaban J connectivity index is 1.88. The number of rotatable bonds is 3. The van der Waals surface area contributed by atoms with E-state index in [-0.39, 0.29) is 12.3 Å². The number of fused-ring (bicyclic) bond motifs is 1. The predicted molar refractivity (Wildman–Crippen MR) is 88.5 cm³/mol. The summed E-state index contributed by atoms with van der Waals surface area (Å²) in [6, 6.07) is 6.89. The largest absolute Gasteiger partial charge is 0.480 e. The SMILES string of the molecule is Cc1nn(C)c(C)c1CC(=O)N1Cc2ccccc2C[C@H]1C(=O)O. The molecule has 0 saturated carbocycles. The fraction of sp³-hybridized carbons (Fsp3) is 0.389. The molecular formula is C18H21N3O3. The van der Waals surface area contributed by atoms with Crippen molar-refractivity contribution in [3.05, 3.63) is 52.3 Å². The van der Waals surface area contributed by atoms with Crippen molar-refractivity contribution in [1.29, 1.82) is 0 Å². The first-order chi connectivity index (χ1) is 11.4. The van der Waals surface area contributed by atoms with E-state index in [4.69, 9.17) is 0 Å². The minimum atomic E-state index is -0.961. The van der Waals surface area contributed by atoms with Gasteiger partial charge in [0.1, 0.15) is 6.04 Å². The Morgan fingerprint density at radius 2 is 1.92 bits per heavy atom. The van der Waals surface area contributed by atoms with E-state index in [1.807, 2.05) is 45.2 Å². The molecule has 3 rings (SSSR count). The zero-order valence-electron chi connectivity index (χ0n) is 14.1. The first-order valence-corrected chi connectivity index (χ1v) is 7.96. The highest BCUT2D eigenvalue weighted by Gasteiger charge is 2.34. The number of carbonyl (C=O) groups excluding carboxylic acids is 1. The molecule has 1 atom stereocenters. The summed E-state index contributed by atoms with van der Waals surface area (Å²) in [6.45, 7) is 4.13. The standard InChI is InChI=1S/C18H21N3O3/c1-11-15(12(2)20(3)19-11)9-17(22)21-10-14-7-5-4-6-13(14)8-16(21)18(23)24/h4-7,16H,8-10H2,1-3H3,(H,23,24)/t16-/m0/s1. The van der Waals surface area contributed by atoms with Crippen LogP contribution in [0.25, 0.3) is 0 Å². The molecular weight excluding hydrogens is 306 g/mol. The Morgan fingerprint density at radius 1 is 1.25 bits per heavy atom. The number of aliphatic carboxylic acids is 1. The molecule has 0 spiro atoms. The maximum Gasteiger partial charge on any atom is 0.326 e. The number of aromatic nitrogens is 2. The second kappa shape index (κ2) is 6.11. The topological polar surface area (TPSA) is 75.4 Å². The Morgan fingerprint density at radius 3 is 2.50 bits per heavy atom. The third-order valence-corrected chi connectivity index (χ3v) is 4.84. The van der Waals surface area contributed by atoms with Crippen LogP contribution in [0.2, 0.25) is 0 Å². The van der Waals surface area contributed by atoms with Crippen LogP contribution in [0.3, 0.4) is 0 Å². The summed E-state index contributed by atoms with van der Waals surface area (Å²) >= 11 is 0. The summed E-state index contributed by atoms with van der Waals surface area (Å²) in [5.41, 5.74) is 4.65. The maximum absolute atomic E-state index is 12.8. The number of hydrogen-bond acceptors (Lipinski definition) is 3. The minimum Gasteiger partial charge on any atom is -0.480 e. The molecule has 0 aliphatic carbocycles. The van der Waals surface area contributed by atoms with Crippen molar-refractivity contribution in [1.82, 2.24) is 14.7 Å². The number of nitrogens with zero attached hydrogens (tertiary/aromatic N) is 3. The summed E-state index contributed by atoms with van der Waals surface area (Å²) in [7, 11) is 1.84.